The molecule has 0 bridgehead atoms. The van der Waals surface area contributed by atoms with Gasteiger partial charge in [-0.1, -0.05) is 43.7 Å². The van der Waals surface area contributed by atoms with Gasteiger partial charge >= 0.3 is 5.97 Å². The molecule has 8 heteroatoms. The van der Waals surface area contributed by atoms with Gasteiger partial charge in [0.2, 0.25) is 5.95 Å². The number of carbonyl (C=O) groups excluding carboxylic acids is 1. The summed E-state index contributed by atoms with van der Waals surface area (Å²) in [7, 11) is 0. The van der Waals surface area contributed by atoms with Crippen LogP contribution in [0.2, 0.25) is 0 Å². The Kier molecular flexibility index (Phi) is 6.49. The molecule has 4 rings (SSSR count). The van der Waals surface area contributed by atoms with Gasteiger partial charge in [-0.05, 0) is 37.1 Å². The Hall–Kier alpha value is -3.68. The third-order valence-corrected chi connectivity index (χ3v) is 5.22. The van der Waals surface area contributed by atoms with Gasteiger partial charge in [-0.3, -0.25) is 0 Å². The normalized spacial score (nSPS) is 15.2. The predicted octanol–water partition coefficient (Wildman–Crippen LogP) is 4.63. The lowest BCUT2D eigenvalue weighted by atomic mass is 9.94. The molecule has 0 saturated heterocycles. The zero-order valence-electron chi connectivity index (χ0n) is 18.0. The summed E-state index contributed by atoms with van der Waals surface area (Å²) in [4.78, 5) is 17.2. The third-order valence-electron chi connectivity index (χ3n) is 5.22. The first-order valence-corrected chi connectivity index (χ1v) is 10.6. The molecule has 0 aliphatic carbocycles. The van der Waals surface area contributed by atoms with E-state index in [2.05, 4.69) is 15.4 Å². The molecule has 1 aliphatic rings. The summed E-state index contributed by atoms with van der Waals surface area (Å²) in [5, 5.41) is 7.57. The second-order valence-electron chi connectivity index (χ2n) is 7.37. The van der Waals surface area contributed by atoms with Crippen molar-refractivity contribution in [2.45, 2.75) is 39.3 Å². The smallest absolute Gasteiger partial charge is 0.338 e. The van der Waals surface area contributed by atoms with Crippen LogP contribution in [-0.2, 0) is 16.1 Å². The van der Waals surface area contributed by atoms with Crippen molar-refractivity contribution >= 4 is 11.9 Å². The van der Waals surface area contributed by atoms with Crippen LogP contribution >= 0.6 is 0 Å². The second kappa shape index (κ2) is 9.64. The lowest BCUT2D eigenvalue weighted by Gasteiger charge is -2.29. The first-order chi connectivity index (χ1) is 15.6. The van der Waals surface area contributed by atoms with Gasteiger partial charge in [-0.2, -0.15) is 10.1 Å². The van der Waals surface area contributed by atoms with E-state index in [9.17, 15) is 9.18 Å². The number of carbonyl (C=O) groups is 1. The van der Waals surface area contributed by atoms with Crippen LogP contribution in [0.15, 0.2) is 66.1 Å². The number of halogens is 1. The largest absolute Gasteiger partial charge is 0.489 e. The number of fused-ring (bicyclic) bond motifs is 1. The molecule has 0 fully saturated rings. The van der Waals surface area contributed by atoms with E-state index >= 15 is 0 Å². The SMILES string of the molecule is CCCC1=C(C(=O)OCC)[C@H](c2ccc(OCc3ccccc3F)cc2)n2ncnc2N1. The average Bonchev–Trinajstić information content (AvgIpc) is 3.27. The fourth-order valence-electron chi connectivity index (χ4n) is 3.74. The van der Waals surface area contributed by atoms with Crippen LogP contribution < -0.4 is 10.1 Å². The van der Waals surface area contributed by atoms with Crippen LogP contribution in [0.5, 0.6) is 5.75 Å². The van der Waals surface area contributed by atoms with E-state index in [1.165, 1.54) is 12.4 Å². The molecule has 32 heavy (non-hydrogen) atoms. The average molecular weight is 436 g/mol. The Morgan fingerprint density at radius 3 is 2.66 bits per heavy atom. The zero-order chi connectivity index (χ0) is 22.5. The van der Waals surface area contributed by atoms with Crippen molar-refractivity contribution in [3.05, 3.63) is 83.1 Å². The van der Waals surface area contributed by atoms with E-state index in [0.29, 0.717) is 29.3 Å². The Morgan fingerprint density at radius 1 is 1.16 bits per heavy atom. The summed E-state index contributed by atoms with van der Waals surface area (Å²) in [5.41, 5.74) is 2.63. The van der Waals surface area contributed by atoms with E-state index in [0.717, 1.165) is 17.7 Å². The molecule has 1 N–H and O–H groups in total. The third kappa shape index (κ3) is 4.34. The molecule has 0 saturated carbocycles. The van der Waals surface area contributed by atoms with E-state index in [1.54, 1.807) is 41.9 Å². The van der Waals surface area contributed by atoms with Gasteiger partial charge in [0.25, 0.3) is 0 Å². The maximum Gasteiger partial charge on any atom is 0.338 e. The fraction of sp³-hybridized carbons (Fsp3) is 0.292. The number of aromatic nitrogens is 3. The predicted molar refractivity (Wildman–Crippen MR) is 118 cm³/mol. The van der Waals surface area contributed by atoms with E-state index < -0.39 is 6.04 Å². The number of hydrogen-bond donors (Lipinski definition) is 1. The number of rotatable bonds is 8. The van der Waals surface area contributed by atoms with E-state index in [1.807, 2.05) is 19.1 Å². The minimum absolute atomic E-state index is 0.126. The maximum atomic E-state index is 13.8. The van der Waals surface area contributed by atoms with Crippen molar-refractivity contribution in [1.82, 2.24) is 14.8 Å². The number of anilines is 1. The van der Waals surface area contributed by atoms with Crippen molar-refractivity contribution in [2.24, 2.45) is 0 Å². The highest BCUT2D eigenvalue weighted by atomic mass is 19.1. The molecule has 3 aromatic rings. The van der Waals surface area contributed by atoms with E-state index in [-0.39, 0.29) is 25.0 Å². The summed E-state index contributed by atoms with van der Waals surface area (Å²) < 4.78 is 26.6. The molecule has 1 aliphatic heterocycles. The van der Waals surface area contributed by atoms with Crippen LogP contribution in [0.4, 0.5) is 10.3 Å². The summed E-state index contributed by atoms with van der Waals surface area (Å²) in [6.07, 6.45) is 3.00. The summed E-state index contributed by atoms with van der Waals surface area (Å²) >= 11 is 0. The number of ether oxygens (including phenoxy) is 2. The van der Waals surface area contributed by atoms with Crippen molar-refractivity contribution in [1.29, 1.82) is 0 Å². The van der Waals surface area contributed by atoms with Crippen LogP contribution in [0.3, 0.4) is 0 Å². The molecule has 166 valence electrons. The maximum absolute atomic E-state index is 13.8. The van der Waals surface area contributed by atoms with Crippen molar-refractivity contribution < 1.29 is 18.7 Å². The number of esters is 1. The summed E-state index contributed by atoms with van der Waals surface area (Å²) in [6, 6.07) is 13.4. The summed E-state index contributed by atoms with van der Waals surface area (Å²) in [5.74, 6) is 0.492. The highest BCUT2D eigenvalue weighted by Gasteiger charge is 2.35. The Morgan fingerprint density at radius 2 is 1.94 bits per heavy atom. The number of allylic oxidation sites excluding steroid dienone is 1. The molecule has 2 aromatic carbocycles. The van der Waals surface area contributed by atoms with Crippen molar-refractivity contribution in [3.63, 3.8) is 0 Å². The number of benzene rings is 2. The molecule has 2 heterocycles. The lowest BCUT2D eigenvalue weighted by Crippen LogP contribution is -2.30. The Labute approximate surface area is 185 Å². The molecule has 1 aromatic heterocycles. The Balaban J connectivity index is 1.64. The monoisotopic (exact) mass is 436 g/mol. The molecule has 1 atom stereocenters. The van der Waals surface area contributed by atoms with Gasteiger partial charge in [-0.15, -0.1) is 0 Å². The molecule has 0 amide bonds. The van der Waals surface area contributed by atoms with Gasteiger partial charge in [0.05, 0.1) is 12.2 Å². The number of hydrogen-bond acceptors (Lipinski definition) is 6. The van der Waals surface area contributed by atoms with Gasteiger partial charge in [0, 0.05) is 11.3 Å². The number of nitrogens with zero attached hydrogens (tertiary/aromatic N) is 3. The first-order valence-electron chi connectivity index (χ1n) is 10.6. The lowest BCUT2D eigenvalue weighted by molar-refractivity contribution is -0.139. The highest BCUT2D eigenvalue weighted by molar-refractivity contribution is 5.92. The van der Waals surface area contributed by atoms with Crippen LogP contribution in [0.1, 0.15) is 43.9 Å². The Bertz CT molecular complexity index is 1120. The second-order valence-corrected chi connectivity index (χ2v) is 7.37. The van der Waals surface area contributed by atoms with Gasteiger partial charge in [-0.25, -0.2) is 13.9 Å². The molecule has 7 nitrogen and oxygen atoms in total. The van der Waals surface area contributed by atoms with Gasteiger partial charge in [0.1, 0.15) is 30.5 Å². The topological polar surface area (TPSA) is 78.3 Å². The van der Waals surface area contributed by atoms with Gasteiger partial charge < -0.3 is 14.8 Å². The molecule has 0 spiro atoms. The molecular formula is C24H25FN4O3. The van der Waals surface area contributed by atoms with Crippen LogP contribution in [0, 0.1) is 5.82 Å². The number of nitrogens with one attached hydrogen (secondary N) is 1. The highest BCUT2D eigenvalue weighted by Crippen LogP contribution is 2.37. The minimum atomic E-state index is -0.477. The minimum Gasteiger partial charge on any atom is -0.489 e. The van der Waals surface area contributed by atoms with Crippen molar-refractivity contribution in [3.8, 4) is 5.75 Å². The fourth-order valence-corrected chi connectivity index (χ4v) is 3.74. The summed E-state index contributed by atoms with van der Waals surface area (Å²) in [6.45, 7) is 4.24. The quantitative estimate of drug-likeness (QED) is 0.519. The van der Waals surface area contributed by atoms with Gasteiger partial charge in [0.15, 0.2) is 0 Å². The van der Waals surface area contributed by atoms with Crippen LogP contribution in [-0.4, -0.2) is 27.3 Å². The van der Waals surface area contributed by atoms with Crippen LogP contribution in [0.25, 0.3) is 0 Å². The first kappa shape index (κ1) is 21.5. The zero-order valence-corrected chi connectivity index (χ0v) is 18.0. The molecule has 0 radical (unpaired) electrons. The van der Waals surface area contributed by atoms with Crippen molar-refractivity contribution in [2.75, 3.05) is 11.9 Å². The standard InChI is InChI=1S/C24H25FN4O3/c1-3-7-20-21(23(30)31-4-2)22(29-24(28-20)26-15-27-29)16-10-12-18(13-11-16)32-14-17-8-5-6-9-19(17)25/h5-6,8-13,15,22H,3-4,7,14H2,1-2H3,(H,26,27,28)/t22-/m0/s1. The molecule has 0 unspecified atom stereocenters. The van der Waals surface area contributed by atoms with E-state index in [4.69, 9.17) is 9.47 Å². The molecular weight excluding hydrogens is 411 g/mol.